The Morgan fingerprint density at radius 1 is 0.939 bits per heavy atom. The van der Waals surface area contributed by atoms with Gasteiger partial charge < -0.3 is 10.2 Å². The molecule has 186 valence electrons. The normalized spacial score (nSPS) is 50.2. The third-order valence-corrected chi connectivity index (χ3v) is 12.8. The summed E-state index contributed by atoms with van der Waals surface area (Å²) in [7, 11) is 0. The van der Waals surface area contributed by atoms with Crippen molar-refractivity contribution >= 4 is 5.78 Å². The molecule has 0 aromatic heterocycles. The molecule has 0 bridgehead atoms. The van der Waals surface area contributed by atoms with Gasteiger partial charge in [-0.1, -0.05) is 46.8 Å². The Hall–Kier alpha value is -0.670. The third kappa shape index (κ3) is 2.97. The zero-order chi connectivity index (χ0) is 24.2. The van der Waals surface area contributed by atoms with Crippen molar-refractivity contribution < 1.29 is 15.0 Å². The first-order valence-electron chi connectivity index (χ1n) is 13.8. The molecular formula is C30H48O3. The van der Waals surface area contributed by atoms with Crippen LogP contribution in [-0.4, -0.2) is 27.7 Å². The van der Waals surface area contributed by atoms with Crippen LogP contribution in [0.3, 0.4) is 0 Å². The van der Waals surface area contributed by atoms with Crippen LogP contribution >= 0.6 is 0 Å². The molecule has 5 aliphatic carbocycles. The number of hydrogen-bond donors (Lipinski definition) is 2. The van der Waals surface area contributed by atoms with Gasteiger partial charge in [-0.3, -0.25) is 4.79 Å². The molecule has 0 radical (unpaired) electrons. The van der Waals surface area contributed by atoms with E-state index in [0.29, 0.717) is 33.9 Å². The molecule has 0 aromatic rings. The van der Waals surface area contributed by atoms with E-state index in [2.05, 4.69) is 34.6 Å². The van der Waals surface area contributed by atoms with Crippen molar-refractivity contribution in [3.63, 3.8) is 0 Å². The van der Waals surface area contributed by atoms with E-state index < -0.39 is 11.7 Å². The maximum Gasteiger partial charge on any atom is 0.138 e. The number of fused-ring (bicyclic) bond motifs is 2. The fourth-order valence-electron chi connectivity index (χ4n) is 10.8. The Kier molecular flexibility index (Phi) is 5.07. The molecule has 5 saturated carbocycles. The third-order valence-electron chi connectivity index (χ3n) is 12.8. The lowest BCUT2D eigenvalue weighted by Gasteiger charge is -2.62. The Bertz CT molecular complexity index is 866. The van der Waals surface area contributed by atoms with Gasteiger partial charge in [0.2, 0.25) is 0 Å². The molecule has 5 rings (SSSR count). The zero-order valence-electron chi connectivity index (χ0n) is 22.2. The van der Waals surface area contributed by atoms with Crippen LogP contribution in [0.5, 0.6) is 0 Å². The molecule has 0 heterocycles. The average molecular weight is 457 g/mol. The van der Waals surface area contributed by atoms with E-state index in [1.54, 1.807) is 19.9 Å². The number of hydrogen-bond acceptors (Lipinski definition) is 3. The van der Waals surface area contributed by atoms with Crippen molar-refractivity contribution in [3.05, 3.63) is 12.2 Å². The van der Waals surface area contributed by atoms with Crippen molar-refractivity contribution in [2.75, 3.05) is 0 Å². The van der Waals surface area contributed by atoms with Crippen molar-refractivity contribution in [3.8, 4) is 0 Å². The summed E-state index contributed by atoms with van der Waals surface area (Å²) in [5.74, 6) is 2.57. The number of carbonyl (C=O) groups is 1. The minimum absolute atomic E-state index is 0.141. The second-order valence-corrected chi connectivity index (χ2v) is 14.7. The highest BCUT2D eigenvalue weighted by Crippen LogP contribution is 2.88. The maximum atomic E-state index is 12.8. The number of rotatable bonds is 4. The Morgan fingerprint density at radius 3 is 2.24 bits per heavy atom. The molecule has 0 saturated heterocycles. The molecule has 3 heteroatoms. The van der Waals surface area contributed by atoms with E-state index in [1.165, 1.54) is 44.9 Å². The van der Waals surface area contributed by atoms with Crippen LogP contribution in [0.25, 0.3) is 0 Å². The molecule has 0 aromatic carbocycles. The molecule has 3 nitrogen and oxygen atoms in total. The van der Waals surface area contributed by atoms with Crippen LogP contribution in [0.2, 0.25) is 0 Å². The van der Waals surface area contributed by atoms with Gasteiger partial charge in [-0.15, -0.1) is 0 Å². The number of ketones is 1. The summed E-state index contributed by atoms with van der Waals surface area (Å²) in [6, 6.07) is 0. The molecule has 9 unspecified atom stereocenters. The van der Waals surface area contributed by atoms with E-state index in [1.807, 2.05) is 6.08 Å². The first-order chi connectivity index (χ1) is 15.1. The highest BCUT2D eigenvalue weighted by atomic mass is 16.3. The molecule has 0 aliphatic heterocycles. The summed E-state index contributed by atoms with van der Waals surface area (Å²) in [6.45, 7) is 15.4. The smallest absolute Gasteiger partial charge is 0.138 e. The van der Waals surface area contributed by atoms with Crippen LogP contribution in [0.1, 0.15) is 106 Å². The predicted molar refractivity (Wildman–Crippen MR) is 132 cm³/mol. The van der Waals surface area contributed by atoms with E-state index in [9.17, 15) is 15.0 Å². The van der Waals surface area contributed by atoms with Gasteiger partial charge in [0.15, 0.2) is 0 Å². The Labute approximate surface area is 201 Å². The van der Waals surface area contributed by atoms with Crippen LogP contribution in [-0.2, 0) is 4.79 Å². The highest BCUT2D eigenvalue weighted by Gasteiger charge is 2.82. The van der Waals surface area contributed by atoms with Crippen LogP contribution in [0.15, 0.2) is 12.2 Å². The van der Waals surface area contributed by atoms with E-state index >= 15 is 0 Å². The average Bonchev–Trinajstić information content (AvgIpc) is 3.31. The minimum atomic E-state index is -0.889. The lowest BCUT2D eigenvalue weighted by atomic mass is 9.42. The fraction of sp³-hybridized carbons (Fsp3) is 0.900. The minimum Gasteiger partial charge on any atom is -0.389 e. The van der Waals surface area contributed by atoms with Crippen molar-refractivity contribution in [2.24, 2.45) is 50.7 Å². The van der Waals surface area contributed by atoms with Crippen molar-refractivity contribution in [1.29, 1.82) is 0 Å². The Balaban J connectivity index is 1.42. The number of Topliss-reactive ketones (excluding diaryl/α,β-unsaturated/α-hetero) is 1. The summed E-state index contributed by atoms with van der Waals surface area (Å²) in [5, 5.41) is 21.1. The fourth-order valence-corrected chi connectivity index (χ4v) is 10.8. The van der Waals surface area contributed by atoms with Crippen LogP contribution in [0.4, 0.5) is 0 Å². The molecule has 2 spiro atoms. The second kappa shape index (κ2) is 6.96. The van der Waals surface area contributed by atoms with Crippen LogP contribution in [0, 0.1) is 50.7 Å². The number of aliphatic hydroxyl groups excluding tert-OH is 1. The summed E-state index contributed by atoms with van der Waals surface area (Å²) >= 11 is 0. The SMILES string of the molecule is CC(C(O)C=CC(C)(C)O)C1CCC2(C)C3CCC4C(C)(C)C(=O)CCC45CC35CCC12C. The topological polar surface area (TPSA) is 57.5 Å². The summed E-state index contributed by atoms with van der Waals surface area (Å²) in [4.78, 5) is 12.8. The van der Waals surface area contributed by atoms with E-state index in [4.69, 9.17) is 0 Å². The van der Waals surface area contributed by atoms with Gasteiger partial charge in [-0.2, -0.15) is 0 Å². The lowest BCUT2D eigenvalue weighted by molar-refractivity contribution is -0.158. The lowest BCUT2D eigenvalue weighted by Crippen LogP contribution is -2.57. The highest BCUT2D eigenvalue weighted by molar-refractivity contribution is 5.86. The molecule has 5 fully saturated rings. The van der Waals surface area contributed by atoms with Gasteiger partial charge in [0.05, 0.1) is 11.7 Å². The van der Waals surface area contributed by atoms with Crippen molar-refractivity contribution in [2.45, 2.75) is 118 Å². The largest absolute Gasteiger partial charge is 0.389 e. The predicted octanol–water partition coefficient (Wildman–Crippen LogP) is 6.32. The zero-order valence-corrected chi connectivity index (χ0v) is 22.2. The number of carbonyl (C=O) groups excluding carboxylic acids is 1. The summed E-state index contributed by atoms with van der Waals surface area (Å²) < 4.78 is 0. The summed E-state index contributed by atoms with van der Waals surface area (Å²) in [5.41, 5.74) is 0.445. The van der Waals surface area contributed by atoms with E-state index in [0.717, 1.165) is 18.8 Å². The molecule has 9 atom stereocenters. The molecule has 5 aliphatic rings. The molecule has 0 amide bonds. The standard InChI is InChI=1S/C30H48O3/c1-19(21(31)11-13-25(2,3)33)20-10-14-28(7)23-9-8-22-26(4,5)24(32)12-15-29(22)18-30(23,29)17-16-27(20,28)6/h11,13,19-23,31,33H,8-10,12,14-18H2,1-7H3. The summed E-state index contributed by atoms with van der Waals surface area (Å²) in [6.07, 6.45) is 14.0. The molecule has 2 N–H and O–H groups in total. The van der Waals surface area contributed by atoms with Crippen LogP contribution < -0.4 is 0 Å². The monoisotopic (exact) mass is 456 g/mol. The first kappa shape index (κ1) is 24.0. The van der Waals surface area contributed by atoms with Gasteiger partial charge in [0.1, 0.15) is 5.78 Å². The van der Waals surface area contributed by atoms with Crippen molar-refractivity contribution in [1.82, 2.24) is 0 Å². The van der Waals surface area contributed by atoms with Gasteiger partial charge in [-0.25, -0.2) is 0 Å². The molecule has 33 heavy (non-hydrogen) atoms. The quantitative estimate of drug-likeness (QED) is 0.487. The van der Waals surface area contributed by atoms with E-state index in [-0.39, 0.29) is 16.7 Å². The van der Waals surface area contributed by atoms with Gasteiger partial charge in [0, 0.05) is 11.8 Å². The molecular weight excluding hydrogens is 408 g/mol. The van der Waals surface area contributed by atoms with Gasteiger partial charge in [0.25, 0.3) is 0 Å². The van der Waals surface area contributed by atoms with Gasteiger partial charge >= 0.3 is 0 Å². The maximum absolute atomic E-state index is 12.8. The van der Waals surface area contributed by atoms with Gasteiger partial charge in [-0.05, 0) is 111 Å². The first-order valence-corrected chi connectivity index (χ1v) is 13.8. The number of aliphatic hydroxyl groups is 2. The second-order valence-electron chi connectivity index (χ2n) is 14.7. The Morgan fingerprint density at radius 2 is 1.58 bits per heavy atom.